The SMILES string of the molecule is CSc1oc(OCc2ccccc2)c(CCl)c1C. The van der Waals surface area contributed by atoms with Gasteiger partial charge in [-0.15, -0.1) is 11.6 Å². The van der Waals surface area contributed by atoms with Gasteiger partial charge in [0.05, 0.1) is 11.4 Å². The normalized spacial score (nSPS) is 10.6. The average molecular weight is 283 g/mol. The minimum absolute atomic E-state index is 0.403. The van der Waals surface area contributed by atoms with Crippen LogP contribution < -0.4 is 4.74 Å². The third-order valence-corrected chi connectivity index (χ3v) is 3.75. The van der Waals surface area contributed by atoms with E-state index < -0.39 is 0 Å². The molecule has 0 aliphatic rings. The largest absolute Gasteiger partial charge is 0.460 e. The summed E-state index contributed by atoms with van der Waals surface area (Å²) in [6, 6.07) is 10.00. The highest BCUT2D eigenvalue weighted by Gasteiger charge is 2.17. The Kier molecular flexibility index (Phi) is 4.61. The van der Waals surface area contributed by atoms with Crippen molar-refractivity contribution in [3.8, 4) is 5.95 Å². The first-order valence-electron chi connectivity index (χ1n) is 5.65. The maximum atomic E-state index is 5.94. The van der Waals surface area contributed by atoms with E-state index in [1.54, 1.807) is 11.8 Å². The van der Waals surface area contributed by atoms with Crippen molar-refractivity contribution in [1.82, 2.24) is 0 Å². The van der Waals surface area contributed by atoms with Gasteiger partial charge in [-0.25, -0.2) is 0 Å². The zero-order chi connectivity index (χ0) is 13.0. The Labute approximate surface area is 116 Å². The molecule has 2 aromatic rings. The molecule has 2 rings (SSSR count). The highest BCUT2D eigenvalue weighted by molar-refractivity contribution is 7.98. The number of hydrogen-bond acceptors (Lipinski definition) is 3. The van der Waals surface area contributed by atoms with E-state index >= 15 is 0 Å². The summed E-state index contributed by atoms with van der Waals surface area (Å²) >= 11 is 7.50. The second-order valence-corrected chi connectivity index (χ2v) is 4.94. The molecular formula is C14H15ClO2S. The van der Waals surface area contributed by atoms with E-state index in [1.807, 2.05) is 43.5 Å². The van der Waals surface area contributed by atoms with Gasteiger partial charge in [0.25, 0.3) is 5.95 Å². The molecule has 0 saturated carbocycles. The van der Waals surface area contributed by atoms with Crippen molar-refractivity contribution in [1.29, 1.82) is 0 Å². The molecule has 0 unspecified atom stereocenters. The molecule has 4 heteroatoms. The third kappa shape index (κ3) is 2.85. The Morgan fingerprint density at radius 1 is 1.28 bits per heavy atom. The zero-order valence-electron chi connectivity index (χ0n) is 10.4. The lowest BCUT2D eigenvalue weighted by Gasteiger charge is -2.04. The lowest BCUT2D eigenvalue weighted by molar-refractivity contribution is 0.215. The van der Waals surface area contributed by atoms with Crippen LogP contribution in [0.1, 0.15) is 16.7 Å². The van der Waals surface area contributed by atoms with Gasteiger partial charge in [0.1, 0.15) is 6.61 Å². The van der Waals surface area contributed by atoms with Crippen LogP contribution in [-0.4, -0.2) is 6.26 Å². The molecule has 96 valence electrons. The Morgan fingerprint density at radius 3 is 2.61 bits per heavy atom. The molecule has 2 nitrogen and oxygen atoms in total. The van der Waals surface area contributed by atoms with Gasteiger partial charge in [-0.3, -0.25) is 0 Å². The van der Waals surface area contributed by atoms with Crippen molar-refractivity contribution in [2.24, 2.45) is 0 Å². The summed E-state index contributed by atoms with van der Waals surface area (Å²) in [5, 5.41) is 0.869. The molecular weight excluding hydrogens is 268 g/mol. The number of benzene rings is 1. The molecule has 1 heterocycles. The maximum absolute atomic E-state index is 5.94. The Balaban J connectivity index is 2.14. The van der Waals surface area contributed by atoms with Gasteiger partial charge >= 0.3 is 0 Å². The molecule has 0 aliphatic heterocycles. The minimum atomic E-state index is 0.403. The van der Waals surface area contributed by atoms with Crippen molar-refractivity contribution >= 4 is 23.4 Å². The van der Waals surface area contributed by atoms with Crippen molar-refractivity contribution in [2.75, 3.05) is 6.26 Å². The highest BCUT2D eigenvalue weighted by atomic mass is 35.5. The molecule has 0 bridgehead atoms. The fourth-order valence-corrected chi connectivity index (χ4v) is 2.59. The topological polar surface area (TPSA) is 22.4 Å². The van der Waals surface area contributed by atoms with Crippen molar-refractivity contribution in [2.45, 2.75) is 24.5 Å². The standard InChI is InChI=1S/C14H15ClO2S/c1-10-12(8-15)13(17-14(10)18-2)16-9-11-6-4-3-5-7-11/h3-7H,8-9H2,1-2H3. The summed E-state index contributed by atoms with van der Waals surface area (Å²) in [6.07, 6.45) is 1.98. The Morgan fingerprint density at radius 2 is 2.00 bits per heavy atom. The highest BCUT2D eigenvalue weighted by Crippen LogP contribution is 2.35. The van der Waals surface area contributed by atoms with Crippen molar-refractivity contribution in [3.63, 3.8) is 0 Å². The minimum Gasteiger partial charge on any atom is -0.460 e. The molecule has 1 aromatic carbocycles. The van der Waals surface area contributed by atoms with Gasteiger partial charge in [-0.05, 0) is 18.7 Å². The van der Waals surface area contributed by atoms with Gasteiger partial charge in [-0.2, -0.15) is 0 Å². The van der Waals surface area contributed by atoms with Crippen LogP contribution >= 0.6 is 23.4 Å². The predicted octanol–water partition coefficient (Wildman–Crippen LogP) is 4.63. The summed E-state index contributed by atoms with van der Waals surface area (Å²) in [4.78, 5) is 0. The fourth-order valence-electron chi connectivity index (χ4n) is 1.69. The lowest BCUT2D eigenvalue weighted by Crippen LogP contribution is -1.96. The number of rotatable bonds is 5. The number of furan rings is 1. The predicted molar refractivity (Wildman–Crippen MR) is 75.6 cm³/mol. The van der Waals surface area contributed by atoms with Crippen LogP contribution in [0.15, 0.2) is 39.8 Å². The second-order valence-electron chi connectivity index (χ2n) is 3.89. The van der Waals surface area contributed by atoms with Crippen LogP contribution in [0.4, 0.5) is 0 Å². The molecule has 18 heavy (non-hydrogen) atoms. The summed E-state index contributed by atoms with van der Waals surface area (Å²) in [5.74, 6) is 0.940. The quantitative estimate of drug-likeness (QED) is 0.590. The first-order valence-corrected chi connectivity index (χ1v) is 7.41. The zero-order valence-corrected chi connectivity index (χ0v) is 12.0. The third-order valence-electron chi connectivity index (χ3n) is 2.72. The number of ether oxygens (including phenoxy) is 1. The fraction of sp³-hybridized carbons (Fsp3) is 0.286. The number of alkyl halides is 1. The van der Waals surface area contributed by atoms with Crippen molar-refractivity contribution < 1.29 is 9.15 Å². The molecule has 1 aromatic heterocycles. The molecule has 0 radical (unpaired) electrons. The summed E-state index contributed by atoms with van der Waals surface area (Å²) in [6.45, 7) is 2.49. The van der Waals surface area contributed by atoms with Crippen molar-refractivity contribution in [3.05, 3.63) is 47.0 Å². The first-order chi connectivity index (χ1) is 8.76. The van der Waals surface area contributed by atoms with Crippen LogP contribution in [0.25, 0.3) is 0 Å². The maximum Gasteiger partial charge on any atom is 0.290 e. The van der Waals surface area contributed by atoms with Gasteiger partial charge < -0.3 is 9.15 Å². The summed E-state index contributed by atoms with van der Waals surface area (Å²) in [5.41, 5.74) is 3.12. The van der Waals surface area contributed by atoms with Crippen LogP contribution in [0.2, 0.25) is 0 Å². The smallest absolute Gasteiger partial charge is 0.290 e. The van der Waals surface area contributed by atoms with E-state index in [-0.39, 0.29) is 0 Å². The van der Waals surface area contributed by atoms with E-state index in [0.717, 1.165) is 21.8 Å². The Hall–Kier alpha value is -1.06. The van der Waals surface area contributed by atoms with Crippen LogP contribution in [-0.2, 0) is 12.5 Å². The van der Waals surface area contributed by atoms with E-state index in [9.17, 15) is 0 Å². The average Bonchev–Trinajstić information content (AvgIpc) is 2.73. The first kappa shape index (κ1) is 13.4. The Bertz CT molecular complexity index is 508. The van der Waals surface area contributed by atoms with Gasteiger partial charge in [-0.1, -0.05) is 42.1 Å². The van der Waals surface area contributed by atoms with E-state index in [4.69, 9.17) is 20.8 Å². The van der Waals surface area contributed by atoms with E-state index in [1.165, 1.54) is 0 Å². The number of hydrogen-bond donors (Lipinski definition) is 0. The van der Waals surface area contributed by atoms with Crippen LogP contribution in [0.5, 0.6) is 5.95 Å². The number of thioether (sulfide) groups is 1. The second kappa shape index (κ2) is 6.21. The molecule has 0 aliphatic carbocycles. The van der Waals surface area contributed by atoms with Gasteiger partial charge in [0.2, 0.25) is 0 Å². The number of halogens is 1. The van der Waals surface area contributed by atoms with Crippen LogP contribution in [0, 0.1) is 6.92 Å². The molecule has 0 atom stereocenters. The van der Waals surface area contributed by atoms with E-state index in [2.05, 4.69) is 0 Å². The molecule has 0 fully saturated rings. The van der Waals surface area contributed by atoms with E-state index in [0.29, 0.717) is 18.4 Å². The molecule has 0 N–H and O–H groups in total. The monoisotopic (exact) mass is 282 g/mol. The molecule has 0 spiro atoms. The lowest BCUT2D eigenvalue weighted by atomic mass is 10.2. The summed E-state index contributed by atoms with van der Waals surface area (Å²) < 4.78 is 11.4. The van der Waals surface area contributed by atoms with Gasteiger partial charge in [0.15, 0.2) is 5.09 Å². The molecule has 0 amide bonds. The van der Waals surface area contributed by atoms with Gasteiger partial charge in [0, 0.05) is 5.56 Å². The van der Waals surface area contributed by atoms with Crippen LogP contribution in [0.3, 0.4) is 0 Å². The summed E-state index contributed by atoms with van der Waals surface area (Å²) in [7, 11) is 0. The molecule has 0 saturated heterocycles.